The lowest BCUT2D eigenvalue weighted by Crippen LogP contribution is -2.16. The monoisotopic (exact) mass is 578 g/mol. The second-order valence-corrected chi connectivity index (χ2v) is 11.1. The standard InChI is InChI=1S/C36H50O6/c1-3-5-7-9-11-13-15-20-27-39-31-26-22-25-30-32(31)41-36(38)34(42-35(37)29-23-18-17-19-24-29)33(30)40-28-21-16-14-12-10-8-6-4-2/h17-19,22-26H,3-16,20-21,27-28H2,1-2H3. The van der Waals surface area contributed by atoms with Crippen LogP contribution in [0.4, 0.5) is 0 Å². The molecule has 3 aromatic rings. The predicted molar refractivity (Wildman–Crippen MR) is 170 cm³/mol. The summed E-state index contributed by atoms with van der Waals surface area (Å²) in [6.07, 6.45) is 19.0. The molecule has 6 nitrogen and oxygen atoms in total. The molecular weight excluding hydrogens is 528 g/mol. The minimum Gasteiger partial charge on any atom is -0.490 e. The Labute approximate surface area is 251 Å². The van der Waals surface area contributed by atoms with Gasteiger partial charge in [0.15, 0.2) is 17.1 Å². The van der Waals surface area contributed by atoms with Gasteiger partial charge in [-0.2, -0.15) is 0 Å². The maximum atomic E-state index is 13.2. The molecular formula is C36H50O6. The topological polar surface area (TPSA) is 75.0 Å². The Morgan fingerprint density at radius 1 is 0.619 bits per heavy atom. The summed E-state index contributed by atoms with van der Waals surface area (Å²) in [5, 5.41) is 0.554. The van der Waals surface area contributed by atoms with E-state index in [0.717, 1.165) is 32.1 Å². The normalized spacial score (nSPS) is 11.1. The Bertz CT molecular complexity index is 1230. The van der Waals surface area contributed by atoms with Crippen LogP contribution in [0.3, 0.4) is 0 Å². The van der Waals surface area contributed by atoms with Gasteiger partial charge in [0, 0.05) is 0 Å². The van der Waals surface area contributed by atoms with E-state index in [2.05, 4.69) is 13.8 Å². The molecule has 0 aliphatic rings. The molecule has 0 unspecified atom stereocenters. The Kier molecular flexibility index (Phi) is 15.6. The van der Waals surface area contributed by atoms with E-state index >= 15 is 0 Å². The van der Waals surface area contributed by atoms with Gasteiger partial charge in [-0.25, -0.2) is 9.59 Å². The van der Waals surface area contributed by atoms with Crippen molar-refractivity contribution in [1.82, 2.24) is 0 Å². The van der Waals surface area contributed by atoms with E-state index in [0.29, 0.717) is 35.5 Å². The van der Waals surface area contributed by atoms with Gasteiger partial charge < -0.3 is 18.6 Å². The average Bonchev–Trinajstić information content (AvgIpc) is 3.01. The summed E-state index contributed by atoms with van der Waals surface area (Å²) in [5.41, 5.74) is -0.109. The SMILES string of the molecule is CCCCCCCCCCOc1c(OC(=O)c2ccccc2)c(=O)oc2c(OCCCCCCCCCC)cccc12. The number of benzene rings is 2. The molecule has 1 aromatic heterocycles. The fourth-order valence-electron chi connectivity index (χ4n) is 5.05. The van der Waals surface area contributed by atoms with Crippen molar-refractivity contribution in [2.24, 2.45) is 0 Å². The highest BCUT2D eigenvalue weighted by atomic mass is 16.6. The van der Waals surface area contributed by atoms with E-state index in [1.807, 2.05) is 18.2 Å². The molecule has 3 rings (SSSR count). The highest BCUT2D eigenvalue weighted by molar-refractivity contribution is 5.94. The number of ether oxygens (including phenoxy) is 3. The van der Waals surface area contributed by atoms with Crippen LogP contribution in [-0.2, 0) is 0 Å². The molecule has 0 radical (unpaired) electrons. The first-order chi connectivity index (χ1) is 20.7. The molecule has 6 heteroatoms. The third kappa shape index (κ3) is 11.2. The number of fused-ring (bicyclic) bond motifs is 1. The van der Waals surface area contributed by atoms with Gasteiger partial charge in [-0.1, -0.05) is 128 Å². The number of hydrogen-bond acceptors (Lipinski definition) is 6. The van der Waals surface area contributed by atoms with E-state index in [1.165, 1.54) is 70.6 Å². The van der Waals surface area contributed by atoms with Crippen molar-refractivity contribution in [2.75, 3.05) is 13.2 Å². The Balaban J connectivity index is 1.69. The summed E-state index contributed by atoms with van der Waals surface area (Å²) in [7, 11) is 0. The zero-order valence-corrected chi connectivity index (χ0v) is 25.8. The van der Waals surface area contributed by atoms with Crippen LogP contribution in [0.1, 0.15) is 127 Å². The second kappa shape index (κ2) is 19.8. The first-order valence-electron chi connectivity index (χ1n) is 16.3. The molecule has 2 aromatic carbocycles. The molecule has 0 aliphatic heterocycles. The van der Waals surface area contributed by atoms with Gasteiger partial charge in [0.25, 0.3) is 5.75 Å². The molecule has 42 heavy (non-hydrogen) atoms. The molecule has 0 aliphatic carbocycles. The third-order valence-corrected chi connectivity index (χ3v) is 7.51. The number of unbranched alkanes of at least 4 members (excludes halogenated alkanes) is 14. The fourth-order valence-corrected chi connectivity index (χ4v) is 5.05. The lowest BCUT2D eigenvalue weighted by molar-refractivity contribution is 0.0721. The van der Waals surface area contributed by atoms with Gasteiger partial charge in [-0.05, 0) is 37.1 Å². The van der Waals surface area contributed by atoms with Crippen molar-refractivity contribution in [3.8, 4) is 17.2 Å². The molecule has 230 valence electrons. The van der Waals surface area contributed by atoms with Crippen molar-refractivity contribution in [3.05, 3.63) is 64.5 Å². The predicted octanol–water partition coefficient (Wildman–Crippen LogP) is 10.1. The van der Waals surface area contributed by atoms with Crippen molar-refractivity contribution in [2.45, 2.75) is 117 Å². The molecule has 1 heterocycles. The number of carbonyl (C=O) groups excluding carboxylic acids is 1. The van der Waals surface area contributed by atoms with Crippen molar-refractivity contribution < 1.29 is 23.4 Å². The van der Waals surface area contributed by atoms with Crippen LogP contribution < -0.4 is 19.8 Å². The summed E-state index contributed by atoms with van der Waals surface area (Å²) in [4.78, 5) is 26.0. The molecule has 0 amide bonds. The van der Waals surface area contributed by atoms with Crippen molar-refractivity contribution in [3.63, 3.8) is 0 Å². The zero-order valence-electron chi connectivity index (χ0n) is 25.8. The van der Waals surface area contributed by atoms with E-state index in [4.69, 9.17) is 18.6 Å². The van der Waals surface area contributed by atoms with E-state index in [1.54, 1.807) is 30.3 Å². The zero-order chi connectivity index (χ0) is 29.8. The Morgan fingerprint density at radius 3 is 1.76 bits per heavy atom. The molecule has 0 N–H and O–H groups in total. The molecule has 0 spiro atoms. The van der Waals surface area contributed by atoms with E-state index < -0.39 is 11.6 Å². The summed E-state index contributed by atoms with van der Waals surface area (Å²) in [6.45, 7) is 5.41. The quantitative estimate of drug-likeness (QED) is 0.0671. The number of carbonyl (C=O) groups is 1. The largest absolute Gasteiger partial charge is 0.490 e. The molecule has 0 atom stereocenters. The molecule has 0 saturated carbocycles. The van der Waals surface area contributed by atoms with Gasteiger partial charge in [0.1, 0.15) is 0 Å². The van der Waals surface area contributed by atoms with Crippen LogP contribution in [-0.4, -0.2) is 19.2 Å². The average molecular weight is 579 g/mol. The van der Waals surface area contributed by atoms with Crippen LogP contribution in [0.5, 0.6) is 17.2 Å². The van der Waals surface area contributed by atoms with Crippen LogP contribution in [0.25, 0.3) is 11.0 Å². The minimum absolute atomic E-state index is 0.226. The van der Waals surface area contributed by atoms with Gasteiger partial charge in [-0.15, -0.1) is 0 Å². The first-order valence-corrected chi connectivity index (χ1v) is 16.3. The fraction of sp³-hybridized carbons (Fsp3) is 0.556. The van der Waals surface area contributed by atoms with Crippen molar-refractivity contribution >= 4 is 16.9 Å². The molecule has 0 saturated heterocycles. The Hall–Kier alpha value is -3.28. The number of esters is 1. The summed E-state index contributed by atoms with van der Waals surface area (Å²) >= 11 is 0. The number of hydrogen-bond donors (Lipinski definition) is 0. The maximum absolute atomic E-state index is 13.2. The van der Waals surface area contributed by atoms with Gasteiger partial charge in [0.05, 0.1) is 24.2 Å². The van der Waals surface area contributed by atoms with Crippen LogP contribution in [0.15, 0.2) is 57.7 Å². The Morgan fingerprint density at radius 2 is 1.17 bits per heavy atom. The lowest BCUT2D eigenvalue weighted by atomic mass is 10.1. The maximum Gasteiger partial charge on any atom is 0.383 e. The second-order valence-electron chi connectivity index (χ2n) is 11.1. The van der Waals surface area contributed by atoms with Gasteiger partial charge >= 0.3 is 11.6 Å². The first kappa shape index (κ1) is 33.2. The molecule has 0 fully saturated rings. The molecule has 0 bridgehead atoms. The van der Waals surface area contributed by atoms with Crippen LogP contribution in [0, 0.1) is 0 Å². The van der Waals surface area contributed by atoms with Crippen LogP contribution >= 0.6 is 0 Å². The summed E-state index contributed by atoms with van der Waals surface area (Å²) < 4.78 is 23.5. The number of para-hydroxylation sites is 1. The minimum atomic E-state index is -0.763. The highest BCUT2D eigenvalue weighted by Gasteiger charge is 2.23. The van der Waals surface area contributed by atoms with Crippen LogP contribution in [0.2, 0.25) is 0 Å². The highest BCUT2D eigenvalue weighted by Crippen LogP contribution is 2.37. The van der Waals surface area contributed by atoms with Gasteiger partial charge in [-0.3, -0.25) is 0 Å². The smallest absolute Gasteiger partial charge is 0.383 e. The lowest BCUT2D eigenvalue weighted by Gasteiger charge is -2.15. The number of rotatable bonds is 22. The van der Waals surface area contributed by atoms with E-state index in [9.17, 15) is 9.59 Å². The summed E-state index contributed by atoms with van der Waals surface area (Å²) in [6, 6.07) is 14.0. The van der Waals surface area contributed by atoms with Crippen molar-refractivity contribution in [1.29, 1.82) is 0 Å². The van der Waals surface area contributed by atoms with Gasteiger partial charge in [0.2, 0.25) is 0 Å². The third-order valence-electron chi connectivity index (χ3n) is 7.51. The van der Waals surface area contributed by atoms with E-state index in [-0.39, 0.29) is 11.5 Å². The summed E-state index contributed by atoms with van der Waals surface area (Å²) in [5.74, 6) is -0.145.